The minimum Gasteiger partial charge on any atom is -0.485 e. The topological polar surface area (TPSA) is 71.1 Å². The molecule has 0 spiro atoms. The third kappa shape index (κ3) is 4.97. The first kappa shape index (κ1) is 20.9. The van der Waals surface area contributed by atoms with Gasteiger partial charge in [-0.2, -0.15) is 0 Å². The first-order valence-corrected chi connectivity index (χ1v) is 9.31. The number of carbonyl (C=O) groups excluding carboxylic acids is 2. The van der Waals surface area contributed by atoms with Gasteiger partial charge < -0.3 is 18.9 Å². The van der Waals surface area contributed by atoms with Crippen molar-refractivity contribution in [3.63, 3.8) is 0 Å². The predicted molar refractivity (Wildman–Crippen MR) is 111 cm³/mol. The lowest BCUT2D eigenvalue weighted by Crippen LogP contribution is -2.15. The minimum absolute atomic E-state index is 0.0363. The molecule has 0 aliphatic carbocycles. The number of benzene rings is 3. The molecule has 0 heterocycles. The fourth-order valence-corrected chi connectivity index (χ4v) is 2.87. The number of methoxy groups -OCH3 is 2. The second-order valence-corrected chi connectivity index (χ2v) is 6.35. The number of hydrogen-bond acceptors (Lipinski definition) is 6. The largest absolute Gasteiger partial charge is 0.485 e. The molecule has 154 valence electrons. The Morgan fingerprint density at radius 3 is 1.73 bits per heavy atom. The molecule has 0 bridgehead atoms. The van der Waals surface area contributed by atoms with Gasteiger partial charge in [-0.1, -0.05) is 60.7 Å². The molecule has 0 N–H and O–H groups in total. The van der Waals surface area contributed by atoms with Gasteiger partial charge in [0.1, 0.15) is 18.8 Å². The average molecular weight is 406 g/mol. The number of ether oxygens (including phenoxy) is 4. The van der Waals surface area contributed by atoms with Crippen LogP contribution in [0.15, 0.2) is 72.8 Å². The van der Waals surface area contributed by atoms with Gasteiger partial charge in [0.25, 0.3) is 0 Å². The van der Waals surface area contributed by atoms with Crippen molar-refractivity contribution < 1.29 is 28.5 Å². The zero-order valence-corrected chi connectivity index (χ0v) is 16.8. The number of hydrogen-bond donors (Lipinski definition) is 0. The van der Waals surface area contributed by atoms with Crippen LogP contribution in [0.1, 0.15) is 31.8 Å². The van der Waals surface area contributed by atoms with Crippen LogP contribution < -0.4 is 9.47 Å². The highest BCUT2D eigenvalue weighted by atomic mass is 16.5. The summed E-state index contributed by atoms with van der Waals surface area (Å²) in [5, 5.41) is 0. The van der Waals surface area contributed by atoms with E-state index in [2.05, 4.69) is 0 Å². The van der Waals surface area contributed by atoms with E-state index in [-0.39, 0.29) is 30.1 Å². The monoisotopic (exact) mass is 406 g/mol. The first-order chi connectivity index (χ1) is 14.6. The highest BCUT2D eigenvalue weighted by molar-refractivity contribution is 6.05. The number of esters is 2. The molecule has 3 rings (SSSR count). The van der Waals surface area contributed by atoms with Gasteiger partial charge in [-0.25, -0.2) is 9.59 Å². The first-order valence-electron chi connectivity index (χ1n) is 9.31. The lowest BCUT2D eigenvalue weighted by atomic mass is 10.1. The number of carbonyl (C=O) groups is 2. The van der Waals surface area contributed by atoms with Gasteiger partial charge in [0.05, 0.1) is 19.8 Å². The van der Waals surface area contributed by atoms with E-state index >= 15 is 0 Å². The molecule has 0 amide bonds. The van der Waals surface area contributed by atoms with Gasteiger partial charge in [0.15, 0.2) is 11.5 Å². The summed E-state index contributed by atoms with van der Waals surface area (Å²) in [6.07, 6.45) is 0. The summed E-state index contributed by atoms with van der Waals surface area (Å²) in [5.41, 5.74) is 1.85. The second kappa shape index (κ2) is 10.1. The van der Waals surface area contributed by atoms with Crippen LogP contribution in [0.4, 0.5) is 0 Å². The highest BCUT2D eigenvalue weighted by Gasteiger charge is 2.27. The maximum atomic E-state index is 12.5. The van der Waals surface area contributed by atoms with Crippen LogP contribution in [0.5, 0.6) is 11.5 Å². The Hall–Kier alpha value is -3.80. The molecule has 0 radical (unpaired) electrons. The molecule has 0 aromatic heterocycles. The summed E-state index contributed by atoms with van der Waals surface area (Å²) in [5.74, 6) is -0.939. The highest BCUT2D eigenvalue weighted by Crippen LogP contribution is 2.36. The van der Waals surface area contributed by atoms with Crippen molar-refractivity contribution in [2.24, 2.45) is 0 Å². The molecule has 6 heteroatoms. The van der Waals surface area contributed by atoms with E-state index in [1.807, 2.05) is 60.7 Å². The molecule has 0 aliphatic rings. The van der Waals surface area contributed by atoms with Crippen molar-refractivity contribution in [1.82, 2.24) is 0 Å². The van der Waals surface area contributed by atoms with Crippen LogP contribution in [0, 0.1) is 0 Å². The maximum Gasteiger partial charge on any atom is 0.342 e. The molecule has 0 saturated heterocycles. The summed E-state index contributed by atoms with van der Waals surface area (Å²) in [6.45, 7) is 0.442. The molecular weight excluding hydrogens is 384 g/mol. The van der Waals surface area contributed by atoms with Crippen LogP contribution in [-0.4, -0.2) is 26.2 Å². The van der Waals surface area contributed by atoms with E-state index in [1.54, 1.807) is 6.07 Å². The molecule has 0 aliphatic heterocycles. The van der Waals surface area contributed by atoms with E-state index < -0.39 is 11.9 Å². The smallest absolute Gasteiger partial charge is 0.342 e. The molecular formula is C24H22O6. The van der Waals surface area contributed by atoms with E-state index in [1.165, 1.54) is 20.3 Å². The van der Waals surface area contributed by atoms with E-state index in [0.29, 0.717) is 5.75 Å². The van der Waals surface area contributed by atoms with Crippen LogP contribution in [-0.2, 0) is 22.7 Å². The lowest BCUT2D eigenvalue weighted by molar-refractivity contribution is 0.0549. The Labute approximate surface area is 175 Å². The maximum absolute atomic E-state index is 12.5. The van der Waals surface area contributed by atoms with Crippen LogP contribution in [0.2, 0.25) is 0 Å². The van der Waals surface area contributed by atoms with Crippen molar-refractivity contribution >= 4 is 11.9 Å². The van der Waals surface area contributed by atoms with E-state index in [9.17, 15) is 9.59 Å². The summed E-state index contributed by atoms with van der Waals surface area (Å²) < 4.78 is 21.6. The van der Waals surface area contributed by atoms with Gasteiger partial charge >= 0.3 is 11.9 Å². The Morgan fingerprint density at radius 1 is 0.667 bits per heavy atom. The van der Waals surface area contributed by atoms with Crippen molar-refractivity contribution in [2.45, 2.75) is 13.2 Å². The molecule has 30 heavy (non-hydrogen) atoms. The fraction of sp³-hybridized carbons (Fsp3) is 0.167. The molecule has 3 aromatic rings. The summed E-state index contributed by atoms with van der Waals surface area (Å²) in [6, 6.07) is 22.1. The van der Waals surface area contributed by atoms with Crippen molar-refractivity contribution in [2.75, 3.05) is 14.2 Å². The van der Waals surface area contributed by atoms with Crippen molar-refractivity contribution in [1.29, 1.82) is 0 Å². The quantitative estimate of drug-likeness (QED) is 0.516. The van der Waals surface area contributed by atoms with E-state index in [0.717, 1.165) is 11.1 Å². The molecule has 0 fully saturated rings. The number of rotatable bonds is 8. The van der Waals surface area contributed by atoms with E-state index in [4.69, 9.17) is 18.9 Å². The van der Waals surface area contributed by atoms with Crippen molar-refractivity contribution in [3.8, 4) is 11.5 Å². The zero-order valence-electron chi connectivity index (χ0n) is 16.8. The third-order valence-corrected chi connectivity index (χ3v) is 4.38. The molecule has 0 unspecified atom stereocenters. The van der Waals surface area contributed by atoms with Gasteiger partial charge in [0, 0.05) is 0 Å². The Balaban J connectivity index is 2.00. The third-order valence-electron chi connectivity index (χ3n) is 4.38. The minimum atomic E-state index is -0.719. The van der Waals surface area contributed by atoms with Crippen LogP contribution in [0.3, 0.4) is 0 Å². The van der Waals surface area contributed by atoms with Crippen molar-refractivity contribution in [3.05, 3.63) is 95.1 Å². The molecule has 3 aromatic carbocycles. The van der Waals surface area contributed by atoms with Gasteiger partial charge in [-0.15, -0.1) is 0 Å². The zero-order chi connectivity index (χ0) is 21.3. The summed E-state index contributed by atoms with van der Waals surface area (Å²) >= 11 is 0. The summed E-state index contributed by atoms with van der Waals surface area (Å²) in [7, 11) is 2.48. The van der Waals surface area contributed by atoms with Gasteiger partial charge in [0.2, 0.25) is 0 Å². The standard InChI is InChI=1S/C24H22O6/c1-27-23(25)19-13-14-20(29-15-17-9-5-3-6-10-17)22(21(19)24(26)28-2)30-16-18-11-7-4-8-12-18/h3-14H,15-16H2,1-2H3. The average Bonchev–Trinajstić information content (AvgIpc) is 2.81. The second-order valence-electron chi connectivity index (χ2n) is 6.35. The Kier molecular flexibility index (Phi) is 7.05. The predicted octanol–water partition coefficient (Wildman–Crippen LogP) is 4.42. The van der Waals surface area contributed by atoms with Crippen LogP contribution >= 0.6 is 0 Å². The Morgan fingerprint density at radius 2 is 1.20 bits per heavy atom. The van der Waals surface area contributed by atoms with Gasteiger partial charge in [-0.05, 0) is 23.3 Å². The van der Waals surface area contributed by atoms with Gasteiger partial charge in [-0.3, -0.25) is 0 Å². The Bertz CT molecular complexity index is 999. The van der Waals surface area contributed by atoms with Crippen LogP contribution in [0.25, 0.3) is 0 Å². The fourth-order valence-electron chi connectivity index (χ4n) is 2.87. The summed E-state index contributed by atoms with van der Waals surface area (Å²) in [4.78, 5) is 24.8. The molecule has 0 atom stereocenters. The normalized spacial score (nSPS) is 10.2. The molecule has 6 nitrogen and oxygen atoms in total. The lowest BCUT2D eigenvalue weighted by Gasteiger charge is -2.18. The SMILES string of the molecule is COC(=O)c1ccc(OCc2ccccc2)c(OCc2ccccc2)c1C(=O)OC. The molecule has 0 saturated carbocycles.